The molecule has 1 heterocycles. The molecule has 0 bridgehead atoms. The van der Waals surface area contributed by atoms with Gasteiger partial charge in [-0.1, -0.05) is 13.8 Å². The molecule has 0 atom stereocenters. The second-order valence-corrected chi connectivity index (χ2v) is 3.45. The maximum absolute atomic E-state index is 3.22. The molecule has 11 heavy (non-hydrogen) atoms. The quantitative estimate of drug-likeness (QED) is 0.634. The molecule has 0 aliphatic rings. The third-order valence-electron chi connectivity index (χ3n) is 1.93. The van der Waals surface area contributed by atoms with Crippen LogP contribution in [0.25, 0.3) is 0 Å². The molecule has 0 spiro atoms. The summed E-state index contributed by atoms with van der Waals surface area (Å²) in [4.78, 5) is 3.22. The number of hydrogen-bond donors (Lipinski definition) is 1. The van der Waals surface area contributed by atoms with Crippen LogP contribution in [0.4, 0.5) is 0 Å². The molecule has 1 aromatic heterocycles. The van der Waals surface area contributed by atoms with Gasteiger partial charge in [0.25, 0.3) is 5.82 Å². The average molecular weight is 153 g/mol. The first kappa shape index (κ1) is 8.31. The number of aromatic amines is 1. The van der Waals surface area contributed by atoms with E-state index in [9.17, 15) is 0 Å². The Balaban J connectivity index is 2.44. The fourth-order valence-electron chi connectivity index (χ4n) is 1.11. The summed E-state index contributed by atoms with van der Waals surface area (Å²) in [6.45, 7) is 4.51. The first-order chi connectivity index (χ1) is 5.20. The zero-order valence-electron chi connectivity index (χ0n) is 7.59. The van der Waals surface area contributed by atoms with E-state index in [2.05, 4.69) is 36.6 Å². The van der Waals surface area contributed by atoms with Gasteiger partial charge in [0.05, 0.1) is 7.05 Å². The SMILES string of the molecule is CC(C)CCc1[nH]cc[n+]1C. The molecule has 0 fully saturated rings. The van der Waals surface area contributed by atoms with Gasteiger partial charge >= 0.3 is 0 Å². The third kappa shape index (κ3) is 2.37. The van der Waals surface area contributed by atoms with Crippen LogP contribution in [0, 0.1) is 5.92 Å². The second-order valence-electron chi connectivity index (χ2n) is 3.45. The van der Waals surface area contributed by atoms with Crippen molar-refractivity contribution >= 4 is 0 Å². The maximum atomic E-state index is 3.22. The first-order valence-corrected chi connectivity index (χ1v) is 4.22. The molecule has 62 valence electrons. The number of nitrogens with one attached hydrogen (secondary N) is 1. The van der Waals surface area contributed by atoms with Crippen molar-refractivity contribution in [3.8, 4) is 0 Å². The molecule has 2 heteroatoms. The van der Waals surface area contributed by atoms with Gasteiger partial charge in [-0.25, -0.2) is 9.55 Å². The lowest BCUT2D eigenvalue weighted by Gasteiger charge is -1.99. The van der Waals surface area contributed by atoms with Gasteiger partial charge < -0.3 is 0 Å². The molecule has 0 saturated heterocycles. The summed E-state index contributed by atoms with van der Waals surface area (Å²) in [6.07, 6.45) is 6.45. The van der Waals surface area contributed by atoms with Crippen LogP contribution in [0.15, 0.2) is 12.4 Å². The standard InChI is InChI=1S/C9H16N2/c1-8(2)4-5-9-10-6-7-11(9)3/h6-8H,4-5H2,1-3H3/p+1. The van der Waals surface area contributed by atoms with Gasteiger partial charge in [0.1, 0.15) is 12.4 Å². The minimum absolute atomic E-state index is 0.790. The van der Waals surface area contributed by atoms with Gasteiger partial charge in [-0.05, 0) is 12.3 Å². The molecule has 0 aliphatic heterocycles. The predicted octanol–water partition coefficient (Wildman–Crippen LogP) is 1.43. The Hall–Kier alpha value is -0.790. The van der Waals surface area contributed by atoms with Crippen molar-refractivity contribution in [2.24, 2.45) is 13.0 Å². The summed E-state index contributed by atoms with van der Waals surface area (Å²) < 4.78 is 2.14. The summed E-state index contributed by atoms with van der Waals surface area (Å²) >= 11 is 0. The highest BCUT2D eigenvalue weighted by Crippen LogP contribution is 2.02. The van der Waals surface area contributed by atoms with Crippen LogP contribution in [0.1, 0.15) is 26.1 Å². The average Bonchev–Trinajstić information content (AvgIpc) is 2.31. The third-order valence-corrected chi connectivity index (χ3v) is 1.93. The maximum Gasteiger partial charge on any atom is 0.253 e. The normalized spacial score (nSPS) is 10.9. The molecule has 1 aromatic rings. The summed E-state index contributed by atoms with van der Waals surface area (Å²) in [7, 11) is 2.08. The highest BCUT2D eigenvalue weighted by Gasteiger charge is 2.06. The van der Waals surface area contributed by atoms with Crippen molar-refractivity contribution in [2.45, 2.75) is 26.7 Å². The van der Waals surface area contributed by atoms with Crippen molar-refractivity contribution in [3.05, 3.63) is 18.2 Å². The Morgan fingerprint density at radius 1 is 1.55 bits per heavy atom. The van der Waals surface area contributed by atoms with Gasteiger partial charge in [-0.2, -0.15) is 0 Å². The minimum Gasteiger partial charge on any atom is -0.248 e. The van der Waals surface area contributed by atoms with E-state index in [1.165, 1.54) is 12.2 Å². The van der Waals surface area contributed by atoms with Crippen molar-refractivity contribution < 1.29 is 4.57 Å². The molecular weight excluding hydrogens is 136 g/mol. The van der Waals surface area contributed by atoms with Gasteiger partial charge in [0, 0.05) is 6.42 Å². The predicted molar refractivity (Wildman–Crippen MR) is 45.1 cm³/mol. The molecule has 2 nitrogen and oxygen atoms in total. The van der Waals surface area contributed by atoms with E-state index in [-0.39, 0.29) is 0 Å². The van der Waals surface area contributed by atoms with Crippen molar-refractivity contribution in [1.29, 1.82) is 0 Å². The molecule has 0 radical (unpaired) electrons. The lowest BCUT2D eigenvalue weighted by atomic mass is 10.1. The number of aryl methyl sites for hydroxylation is 2. The van der Waals surface area contributed by atoms with Crippen LogP contribution in [0.3, 0.4) is 0 Å². The van der Waals surface area contributed by atoms with Crippen molar-refractivity contribution in [3.63, 3.8) is 0 Å². The molecule has 0 saturated carbocycles. The lowest BCUT2D eigenvalue weighted by Crippen LogP contribution is -2.30. The van der Waals surface area contributed by atoms with E-state index in [1.807, 2.05) is 6.20 Å². The van der Waals surface area contributed by atoms with Gasteiger partial charge in [-0.3, -0.25) is 0 Å². The second kappa shape index (κ2) is 3.56. The Morgan fingerprint density at radius 2 is 2.27 bits per heavy atom. The summed E-state index contributed by atoms with van der Waals surface area (Å²) in [5, 5.41) is 0. The van der Waals surface area contributed by atoms with Crippen LogP contribution in [0.2, 0.25) is 0 Å². The Bertz CT molecular complexity index is 213. The van der Waals surface area contributed by atoms with Gasteiger partial charge in [0.2, 0.25) is 0 Å². The highest BCUT2D eigenvalue weighted by atomic mass is 15.0. The van der Waals surface area contributed by atoms with Crippen molar-refractivity contribution in [2.75, 3.05) is 0 Å². The zero-order chi connectivity index (χ0) is 8.27. The van der Waals surface area contributed by atoms with E-state index >= 15 is 0 Å². The molecular formula is C9H17N2+. The molecule has 0 aromatic carbocycles. The van der Waals surface area contributed by atoms with Crippen LogP contribution in [-0.2, 0) is 13.5 Å². The van der Waals surface area contributed by atoms with E-state index in [1.54, 1.807) is 0 Å². The Labute approximate surface area is 68.3 Å². The molecule has 0 unspecified atom stereocenters. The monoisotopic (exact) mass is 153 g/mol. The highest BCUT2D eigenvalue weighted by molar-refractivity contribution is 4.77. The smallest absolute Gasteiger partial charge is 0.248 e. The molecule has 1 N–H and O–H groups in total. The number of nitrogens with zero attached hydrogens (tertiary/aromatic N) is 1. The van der Waals surface area contributed by atoms with E-state index in [0.717, 1.165) is 12.3 Å². The van der Waals surface area contributed by atoms with Crippen LogP contribution >= 0.6 is 0 Å². The summed E-state index contributed by atoms with van der Waals surface area (Å²) in [5.74, 6) is 2.11. The fraction of sp³-hybridized carbons (Fsp3) is 0.667. The minimum atomic E-state index is 0.790. The van der Waals surface area contributed by atoms with Crippen LogP contribution in [0.5, 0.6) is 0 Å². The number of aromatic nitrogens is 2. The number of imidazole rings is 1. The fourth-order valence-corrected chi connectivity index (χ4v) is 1.11. The van der Waals surface area contributed by atoms with Crippen molar-refractivity contribution in [1.82, 2.24) is 4.98 Å². The van der Waals surface area contributed by atoms with Crippen LogP contribution < -0.4 is 4.57 Å². The van der Waals surface area contributed by atoms with E-state index in [4.69, 9.17) is 0 Å². The number of hydrogen-bond acceptors (Lipinski definition) is 0. The molecule has 0 amide bonds. The summed E-state index contributed by atoms with van der Waals surface area (Å²) in [5.41, 5.74) is 0. The van der Waals surface area contributed by atoms with E-state index < -0.39 is 0 Å². The Kier molecular flexibility index (Phi) is 2.69. The van der Waals surface area contributed by atoms with Gasteiger partial charge in [-0.15, -0.1) is 0 Å². The van der Waals surface area contributed by atoms with Crippen LogP contribution in [-0.4, -0.2) is 4.98 Å². The van der Waals surface area contributed by atoms with E-state index in [0.29, 0.717) is 0 Å². The topological polar surface area (TPSA) is 19.7 Å². The lowest BCUT2D eigenvalue weighted by molar-refractivity contribution is -0.677. The zero-order valence-corrected chi connectivity index (χ0v) is 7.59. The summed E-state index contributed by atoms with van der Waals surface area (Å²) in [6, 6.07) is 0. The molecule has 1 rings (SSSR count). The first-order valence-electron chi connectivity index (χ1n) is 4.22. The largest absolute Gasteiger partial charge is 0.253 e. The Morgan fingerprint density at radius 3 is 2.73 bits per heavy atom. The number of rotatable bonds is 3. The van der Waals surface area contributed by atoms with Gasteiger partial charge in [0.15, 0.2) is 0 Å². The number of H-pyrrole nitrogens is 1. The molecule has 0 aliphatic carbocycles.